The molecular formula is C14H16ClN3. The quantitative estimate of drug-likeness (QED) is 0.791. The van der Waals surface area contributed by atoms with E-state index >= 15 is 0 Å². The summed E-state index contributed by atoms with van der Waals surface area (Å²) in [5.74, 6) is 1.63. The summed E-state index contributed by atoms with van der Waals surface area (Å²) in [4.78, 5) is 10.7. The highest BCUT2D eigenvalue weighted by molar-refractivity contribution is 6.29. The number of nitrogens with zero attached hydrogens (tertiary/aromatic N) is 3. The van der Waals surface area contributed by atoms with Crippen molar-refractivity contribution in [2.24, 2.45) is 0 Å². The number of rotatable bonds is 4. The van der Waals surface area contributed by atoms with E-state index in [1.165, 1.54) is 5.56 Å². The Labute approximate surface area is 112 Å². The average Bonchev–Trinajstić information content (AvgIpc) is 2.39. The normalized spacial score (nSPS) is 10.4. The molecule has 1 heterocycles. The first-order valence-electron chi connectivity index (χ1n) is 5.97. The first kappa shape index (κ1) is 12.8. The smallest absolute Gasteiger partial charge is 0.134 e. The van der Waals surface area contributed by atoms with Gasteiger partial charge in [0.05, 0.1) is 0 Å². The van der Waals surface area contributed by atoms with Crippen molar-refractivity contribution in [3.63, 3.8) is 0 Å². The molecule has 0 atom stereocenters. The summed E-state index contributed by atoms with van der Waals surface area (Å²) in [7, 11) is 2.01. The van der Waals surface area contributed by atoms with Crippen LogP contribution in [0, 0.1) is 0 Å². The fourth-order valence-corrected chi connectivity index (χ4v) is 1.94. The minimum Gasteiger partial charge on any atom is -0.355 e. The van der Waals surface area contributed by atoms with Crippen LogP contribution in [-0.4, -0.2) is 17.0 Å². The third-order valence-electron chi connectivity index (χ3n) is 2.70. The van der Waals surface area contributed by atoms with E-state index in [2.05, 4.69) is 27.0 Å². The van der Waals surface area contributed by atoms with Crippen molar-refractivity contribution in [2.75, 3.05) is 11.9 Å². The minimum absolute atomic E-state index is 0.497. The van der Waals surface area contributed by atoms with Gasteiger partial charge in [-0.3, -0.25) is 0 Å². The number of anilines is 1. The first-order chi connectivity index (χ1) is 8.69. The van der Waals surface area contributed by atoms with Gasteiger partial charge in [0, 0.05) is 26.1 Å². The Balaban J connectivity index is 2.18. The lowest BCUT2D eigenvalue weighted by Crippen LogP contribution is -2.18. The molecule has 0 spiro atoms. The topological polar surface area (TPSA) is 29.0 Å². The predicted octanol–water partition coefficient (Wildman–Crippen LogP) is 3.33. The first-order valence-corrected chi connectivity index (χ1v) is 6.35. The van der Waals surface area contributed by atoms with E-state index < -0.39 is 0 Å². The Bertz CT molecular complexity index is 514. The number of hydrogen-bond acceptors (Lipinski definition) is 3. The van der Waals surface area contributed by atoms with Crippen LogP contribution in [0.2, 0.25) is 5.15 Å². The van der Waals surface area contributed by atoms with Crippen LogP contribution in [0.4, 0.5) is 5.82 Å². The number of aromatic nitrogens is 2. The van der Waals surface area contributed by atoms with Crippen molar-refractivity contribution in [2.45, 2.75) is 19.9 Å². The lowest BCUT2D eigenvalue weighted by atomic mass is 10.2. The Morgan fingerprint density at radius 1 is 1.17 bits per heavy atom. The third kappa shape index (κ3) is 3.20. The van der Waals surface area contributed by atoms with Gasteiger partial charge in [-0.1, -0.05) is 48.9 Å². The second-order valence-corrected chi connectivity index (χ2v) is 4.55. The molecule has 0 amide bonds. The van der Waals surface area contributed by atoms with Crippen molar-refractivity contribution in [3.8, 4) is 0 Å². The summed E-state index contributed by atoms with van der Waals surface area (Å²) >= 11 is 6.00. The van der Waals surface area contributed by atoms with E-state index in [-0.39, 0.29) is 0 Å². The second-order valence-electron chi connectivity index (χ2n) is 4.16. The van der Waals surface area contributed by atoms with Crippen LogP contribution in [0.3, 0.4) is 0 Å². The van der Waals surface area contributed by atoms with Crippen molar-refractivity contribution < 1.29 is 0 Å². The van der Waals surface area contributed by atoms with E-state index in [1.54, 1.807) is 6.07 Å². The zero-order valence-corrected chi connectivity index (χ0v) is 11.4. The van der Waals surface area contributed by atoms with E-state index in [0.717, 1.165) is 24.6 Å². The summed E-state index contributed by atoms with van der Waals surface area (Å²) in [6.07, 6.45) is 0.784. The lowest BCUT2D eigenvalue weighted by molar-refractivity contribution is 0.859. The maximum Gasteiger partial charge on any atom is 0.134 e. The standard InChI is InChI=1S/C14H16ClN3/c1-3-13-16-12(15)9-14(17-13)18(2)10-11-7-5-4-6-8-11/h4-9H,3,10H2,1-2H3. The Kier molecular flexibility index (Phi) is 4.15. The molecule has 0 fully saturated rings. The van der Waals surface area contributed by atoms with Crippen LogP contribution in [-0.2, 0) is 13.0 Å². The molecule has 2 rings (SSSR count). The Morgan fingerprint density at radius 3 is 2.56 bits per heavy atom. The van der Waals surface area contributed by atoms with Crippen LogP contribution in [0.15, 0.2) is 36.4 Å². The SMILES string of the molecule is CCc1nc(Cl)cc(N(C)Cc2ccccc2)n1. The molecule has 1 aromatic heterocycles. The highest BCUT2D eigenvalue weighted by atomic mass is 35.5. The van der Waals surface area contributed by atoms with Crippen LogP contribution in [0.5, 0.6) is 0 Å². The molecule has 0 saturated heterocycles. The molecule has 0 saturated carbocycles. The van der Waals surface area contributed by atoms with Gasteiger partial charge in [-0.2, -0.15) is 0 Å². The molecular weight excluding hydrogens is 246 g/mol. The van der Waals surface area contributed by atoms with Crippen molar-refractivity contribution >= 4 is 17.4 Å². The zero-order chi connectivity index (χ0) is 13.0. The van der Waals surface area contributed by atoms with E-state index in [9.17, 15) is 0 Å². The van der Waals surface area contributed by atoms with E-state index in [1.807, 2.05) is 32.2 Å². The maximum absolute atomic E-state index is 6.00. The maximum atomic E-state index is 6.00. The third-order valence-corrected chi connectivity index (χ3v) is 2.89. The fourth-order valence-electron chi connectivity index (χ4n) is 1.74. The fraction of sp³-hybridized carbons (Fsp3) is 0.286. The Hall–Kier alpha value is -1.61. The minimum atomic E-state index is 0.497. The van der Waals surface area contributed by atoms with Crippen molar-refractivity contribution in [1.29, 1.82) is 0 Å². The molecule has 0 aliphatic heterocycles. The van der Waals surface area contributed by atoms with Crippen LogP contribution < -0.4 is 4.90 Å². The van der Waals surface area contributed by atoms with Gasteiger partial charge in [-0.25, -0.2) is 9.97 Å². The molecule has 0 aliphatic rings. The molecule has 94 valence electrons. The number of benzene rings is 1. The highest BCUT2D eigenvalue weighted by Gasteiger charge is 2.07. The van der Waals surface area contributed by atoms with Gasteiger partial charge >= 0.3 is 0 Å². The molecule has 3 nitrogen and oxygen atoms in total. The molecule has 4 heteroatoms. The molecule has 18 heavy (non-hydrogen) atoms. The zero-order valence-electron chi connectivity index (χ0n) is 10.6. The number of hydrogen-bond donors (Lipinski definition) is 0. The van der Waals surface area contributed by atoms with Gasteiger partial charge < -0.3 is 4.90 Å². The lowest BCUT2D eigenvalue weighted by Gasteiger charge is -2.18. The number of halogens is 1. The summed E-state index contributed by atoms with van der Waals surface area (Å²) in [5.41, 5.74) is 1.24. The monoisotopic (exact) mass is 261 g/mol. The van der Waals surface area contributed by atoms with Crippen molar-refractivity contribution in [3.05, 3.63) is 52.9 Å². The van der Waals surface area contributed by atoms with Gasteiger partial charge in [-0.15, -0.1) is 0 Å². The predicted molar refractivity (Wildman–Crippen MR) is 75.0 cm³/mol. The molecule has 0 aliphatic carbocycles. The average molecular weight is 262 g/mol. The van der Waals surface area contributed by atoms with Crippen LogP contribution >= 0.6 is 11.6 Å². The van der Waals surface area contributed by atoms with Crippen molar-refractivity contribution in [1.82, 2.24) is 9.97 Å². The van der Waals surface area contributed by atoms with Gasteiger partial charge in [0.1, 0.15) is 16.8 Å². The largest absolute Gasteiger partial charge is 0.355 e. The van der Waals surface area contributed by atoms with Gasteiger partial charge in [0.2, 0.25) is 0 Å². The molecule has 0 N–H and O–H groups in total. The summed E-state index contributed by atoms with van der Waals surface area (Å²) < 4.78 is 0. The van der Waals surface area contributed by atoms with Gasteiger partial charge in [-0.05, 0) is 5.56 Å². The summed E-state index contributed by atoms with van der Waals surface area (Å²) in [6, 6.07) is 12.1. The molecule has 1 aromatic carbocycles. The number of aryl methyl sites for hydroxylation is 1. The molecule has 2 aromatic rings. The van der Waals surface area contributed by atoms with E-state index in [4.69, 9.17) is 11.6 Å². The summed E-state index contributed by atoms with van der Waals surface area (Å²) in [6.45, 7) is 2.82. The highest BCUT2D eigenvalue weighted by Crippen LogP contribution is 2.17. The second kappa shape index (κ2) is 5.83. The van der Waals surface area contributed by atoms with Crippen LogP contribution in [0.25, 0.3) is 0 Å². The Morgan fingerprint density at radius 2 is 1.89 bits per heavy atom. The van der Waals surface area contributed by atoms with Gasteiger partial charge in [0.25, 0.3) is 0 Å². The van der Waals surface area contributed by atoms with Gasteiger partial charge in [0.15, 0.2) is 0 Å². The molecule has 0 unspecified atom stereocenters. The molecule has 0 bridgehead atoms. The van der Waals surface area contributed by atoms with Crippen LogP contribution in [0.1, 0.15) is 18.3 Å². The summed E-state index contributed by atoms with van der Waals surface area (Å²) in [5, 5.41) is 0.497. The molecule has 0 radical (unpaired) electrons. The van der Waals surface area contributed by atoms with E-state index in [0.29, 0.717) is 5.15 Å².